The third-order valence-electron chi connectivity index (χ3n) is 5.08. The van der Waals surface area contributed by atoms with Gasteiger partial charge in [-0.2, -0.15) is 0 Å². The van der Waals surface area contributed by atoms with Crippen molar-refractivity contribution < 1.29 is 9.18 Å². The van der Waals surface area contributed by atoms with Crippen molar-refractivity contribution in [2.75, 3.05) is 31.1 Å². The Labute approximate surface area is 187 Å². The first-order valence-electron chi connectivity index (χ1n) is 9.79. The third kappa shape index (κ3) is 4.07. The van der Waals surface area contributed by atoms with E-state index in [1.807, 2.05) is 24.3 Å². The number of aromatic nitrogens is 1. The average Bonchev–Trinajstić information content (AvgIpc) is 3.32. The predicted octanol–water partition coefficient (Wildman–Crippen LogP) is 6.29. The molecule has 0 N–H and O–H groups in total. The molecule has 0 fully saturated rings. The van der Waals surface area contributed by atoms with Gasteiger partial charge in [0.25, 0.3) is 5.91 Å². The summed E-state index contributed by atoms with van der Waals surface area (Å²) >= 11 is 9.30. The molecule has 0 spiro atoms. The highest BCUT2D eigenvalue weighted by atomic mass is 35.5. The molecule has 0 aliphatic carbocycles. The van der Waals surface area contributed by atoms with Crippen molar-refractivity contribution in [1.82, 2.24) is 9.88 Å². The average molecular weight is 462 g/mol. The van der Waals surface area contributed by atoms with Crippen LogP contribution in [0.5, 0.6) is 0 Å². The smallest absolute Gasteiger partial charge is 0.271 e. The van der Waals surface area contributed by atoms with Gasteiger partial charge >= 0.3 is 0 Å². The number of hydrogen-bond acceptors (Lipinski definition) is 5. The van der Waals surface area contributed by atoms with Crippen molar-refractivity contribution in [3.05, 3.63) is 58.2 Å². The molecule has 0 aliphatic rings. The molecule has 30 heavy (non-hydrogen) atoms. The first-order valence-corrected chi connectivity index (χ1v) is 11.8. The zero-order valence-corrected chi connectivity index (χ0v) is 19.1. The minimum Gasteiger partial charge on any atom is -0.302 e. The minimum absolute atomic E-state index is 0.173. The number of benzene rings is 2. The second-order valence-corrected chi connectivity index (χ2v) is 9.27. The standard InChI is InChI=1S/C22H21ClFN3OS2/c1-3-26(4-2)11-12-27(22-25-16-10-9-14(24)13-18(16)30-22)21(28)20-19(23)15-7-5-6-8-17(15)29-20/h5-10,13H,3-4,11-12H2,1-2H3. The van der Waals surface area contributed by atoms with Crippen molar-refractivity contribution in [1.29, 1.82) is 0 Å². The number of carbonyl (C=O) groups excluding carboxylic acids is 1. The maximum Gasteiger partial charge on any atom is 0.271 e. The summed E-state index contributed by atoms with van der Waals surface area (Å²) in [7, 11) is 0. The Bertz CT molecular complexity index is 1200. The van der Waals surface area contributed by atoms with Crippen LogP contribution in [0.4, 0.5) is 9.52 Å². The van der Waals surface area contributed by atoms with Crippen LogP contribution in [0.25, 0.3) is 20.3 Å². The predicted molar refractivity (Wildman–Crippen MR) is 126 cm³/mol. The van der Waals surface area contributed by atoms with Crippen molar-refractivity contribution >= 4 is 65.6 Å². The number of rotatable bonds is 7. The lowest BCUT2D eigenvalue weighted by atomic mass is 10.2. The molecule has 0 unspecified atom stereocenters. The second kappa shape index (κ2) is 8.98. The normalized spacial score (nSPS) is 11.6. The van der Waals surface area contributed by atoms with Gasteiger partial charge in [-0.15, -0.1) is 11.3 Å². The summed E-state index contributed by atoms with van der Waals surface area (Å²) in [6.07, 6.45) is 0. The highest BCUT2D eigenvalue weighted by molar-refractivity contribution is 7.23. The summed E-state index contributed by atoms with van der Waals surface area (Å²) < 4.78 is 15.4. The number of hydrogen-bond donors (Lipinski definition) is 0. The van der Waals surface area contributed by atoms with Crippen molar-refractivity contribution in [3.63, 3.8) is 0 Å². The lowest BCUT2D eigenvalue weighted by molar-refractivity contribution is 0.0988. The number of fused-ring (bicyclic) bond motifs is 2. The molecule has 8 heteroatoms. The molecule has 2 aromatic carbocycles. The Kier molecular flexibility index (Phi) is 6.34. The number of carbonyl (C=O) groups is 1. The number of likely N-dealkylation sites (N-methyl/N-ethyl adjacent to an activating group) is 1. The molecular formula is C22H21ClFN3OS2. The molecule has 0 radical (unpaired) electrons. The molecule has 4 nitrogen and oxygen atoms in total. The lowest BCUT2D eigenvalue weighted by Crippen LogP contribution is -2.38. The SMILES string of the molecule is CCN(CC)CCN(C(=O)c1sc2ccccc2c1Cl)c1nc2ccc(F)cc2s1. The van der Waals surface area contributed by atoms with Gasteiger partial charge in [0.1, 0.15) is 10.7 Å². The molecule has 0 saturated heterocycles. The highest BCUT2D eigenvalue weighted by Crippen LogP contribution is 2.37. The molecule has 2 heterocycles. The highest BCUT2D eigenvalue weighted by Gasteiger charge is 2.26. The fourth-order valence-corrected chi connectivity index (χ4v) is 5.82. The topological polar surface area (TPSA) is 36.4 Å². The molecule has 0 saturated carbocycles. The van der Waals surface area contributed by atoms with Gasteiger partial charge in [0.2, 0.25) is 0 Å². The summed E-state index contributed by atoms with van der Waals surface area (Å²) in [5, 5.41) is 1.91. The van der Waals surface area contributed by atoms with E-state index in [0.717, 1.165) is 23.2 Å². The Morgan fingerprint density at radius 2 is 1.83 bits per heavy atom. The molecule has 1 amide bonds. The molecule has 4 aromatic rings. The van der Waals surface area contributed by atoms with E-state index in [2.05, 4.69) is 23.7 Å². The Morgan fingerprint density at radius 1 is 1.07 bits per heavy atom. The number of anilines is 1. The van der Waals surface area contributed by atoms with Crippen LogP contribution in [0.2, 0.25) is 5.02 Å². The molecule has 0 atom stereocenters. The minimum atomic E-state index is -0.314. The van der Waals surface area contributed by atoms with Crippen molar-refractivity contribution in [2.45, 2.75) is 13.8 Å². The molecule has 4 rings (SSSR count). The number of halogens is 2. The second-order valence-electron chi connectivity index (χ2n) is 6.83. The monoisotopic (exact) mass is 461 g/mol. The fraction of sp³-hybridized carbons (Fsp3) is 0.273. The lowest BCUT2D eigenvalue weighted by Gasteiger charge is -2.24. The fourth-order valence-electron chi connectivity index (χ4n) is 3.34. The van der Waals surface area contributed by atoms with E-state index >= 15 is 0 Å². The van der Waals surface area contributed by atoms with Crippen LogP contribution in [0.3, 0.4) is 0 Å². The van der Waals surface area contributed by atoms with Crippen molar-refractivity contribution in [3.8, 4) is 0 Å². The first kappa shape index (κ1) is 21.2. The van der Waals surface area contributed by atoms with E-state index in [-0.39, 0.29) is 11.7 Å². The Balaban J connectivity index is 1.74. The van der Waals surface area contributed by atoms with Crippen LogP contribution in [0, 0.1) is 5.82 Å². The van der Waals surface area contributed by atoms with Crippen molar-refractivity contribution in [2.24, 2.45) is 0 Å². The van der Waals surface area contributed by atoms with E-state index in [1.165, 1.54) is 34.8 Å². The molecular weight excluding hydrogens is 441 g/mol. The van der Waals surface area contributed by atoms with Crippen LogP contribution in [-0.4, -0.2) is 42.0 Å². The first-order chi connectivity index (χ1) is 14.5. The summed E-state index contributed by atoms with van der Waals surface area (Å²) in [4.78, 5) is 22.6. The van der Waals surface area contributed by atoms with Gasteiger partial charge in [-0.05, 0) is 37.4 Å². The number of thiophene rings is 1. The zero-order chi connectivity index (χ0) is 21.3. The van der Waals surface area contributed by atoms with Gasteiger partial charge < -0.3 is 4.90 Å². The number of nitrogens with zero attached hydrogens (tertiary/aromatic N) is 3. The van der Waals surface area contributed by atoms with Crippen LogP contribution in [0.1, 0.15) is 23.5 Å². The van der Waals surface area contributed by atoms with Gasteiger partial charge in [0.15, 0.2) is 5.13 Å². The largest absolute Gasteiger partial charge is 0.302 e. The number of amides is 1. The maximum absolute atomic E-state index is 13.7. The van der Waals surface area contributed by atoms with E-state index in [4.69, 9.17) is 11.6 Å². The van der Waals surface area contributed by atoms with Crippen LogP contribution >= 0.6 is 34.3 Å². The van der Waals surface area contributed by atoms with Gasteiger partial charge in [-0.3, -0.25) is 9.69 Å². The van der Waals surface area contributed by atoms with Crippen LogP contribution < -0.4 is 4.90 Å². The van der Waals surface area contributed by atoms with E-state index in [0.29, 0.717) is 38.3 Å². The molecule has 0 bridgehead atoms. The molecule has 2 aromatic heterocycles. The molecule has 0 aliphatic heterocycles. The quantitative estimate of drug-likeness (QED) is 0.324. The summed E-state index contributed by atoms with van der Waals surface area (Å²) in [6, 6.07) is 12.2. The van der Waals surface area contributed by atoms with E-state index in [1.54, 1.807) is 11.0 Å². The summed E-state index contributed by atoms with van der Waals surface area (Å²) in [5.41, 5.74) is 0.680. The Hall–Kier alpha value is -2.06. The number of thiazole rings is 1. The van der Waals surface area contributed by atoms with Gasteiger partial charge in [0.05, 0.1) is 15.2 Å². The molecule has 156 valence electrons. The van der Waals surface area contributed by atoms with Gasteiger partial charge in [-0.25, -0.2) is 9.37 Å². The van der Waals surface area contributed by atoms with Gasteiger partial charge in [0, 0.05) is 23.2 Å². The van der Waals surface area contributed by atoms with E-state index < -0.39 is 0 Å². The van der Waals surface area contributed by atoms with E-state index in [9.17, 15) is 9.18 Å². The Morgan fingerprint density at radius 3 is 2.57 bits per heavy atom. The summed E-state index contributed by atoms with van der Waals surface area (Å²) in [5.74, 6) is -0.487. The third-order valence-corrected chi connectivity index (χ3v) is 7.78. The van der Waals surface area contributed by atoms with Crippen LogP contribution in [-0.2, 0) is 0 Å². The zero-order valence-electron chi connectivity index (χ0n) is 16.7. The van der Waals surface area contributed by atoms with Crippen LogP contribution in [0.15, 0.2) is 42.5 Å². The van der Waals surface area contributed by atoms with Gasteiger partial charge in [-0.1, -0.05) is 55.0 Å². The summed E-state index contributed by atoms with van der Waals surface area (Å²) in [6.45, 7) is 7.18. The maximum atomic E-state index is 13.7.